The molecule has 1 atom stereocenters. The number of ether oxygens (including phenoxy) is 1. The molecule has 21 heavy (non-hydrogen) atoms. The fourth-order valence-electron chi connectivity index (χ4n) is 2.06. The molecule has 0 aromatic heterocycles. The lowest BCUT2D eigenvalue weighted by molar-refractivity contribution is 0.0946. The second-order valence-electron chi connectivity index (χ2n) is 5.29. The maximum absolute atomic E-state index is 12.1. The maximum Gasteiger partial charge on any atom is 0.251 e. The molecule has 0 aliphatic carbocycles. The fraction of sp³-hybridized carbons (Fsp3) is 0.588. The van der Waals surface area contributed by atoms with Crippen LogP contribution >= 0.6 is 0 Å². The van der Waals surface area contributed by atoms with Gasteiger partial charge in [-0.05, 0) is 49.6 Å². The number of rotatable bonds is 10. The van der Waals surface area contributed by atoms with Crippen LogP contribution in [0.5, 0.6) is 5.75 Å². The molecule has 0 fully saturated rings. The van der Waals surface area contributed by atoms with E-state index in [1.165, 1.54) is 0 Å². The van der Waals surface area contributed by atoms with Gasteiger partial charge in [-0.25, -0.2) is 0 Å². The van der Waals surface area contributed by atoms with Gasteiger partial charge >= 0.3 is 0 Å². The number of hydrogen-bond acceptors (Lipinski definition) is 3. The van der Waals surface area contributed by atoms with Crippen LogP contribution in [0.3, 0.4) is 0 Å². The molecule has 1 rings (SSSR count). The molecule has 1 amide bonds. The summed E-state index contributed by atoms with van der Waals surface area (Å²) in [4.78, 5) is 12.1. The van der Waals surface area contributed by atoms with Crippen molar-refractivity contribution in [2.24, 2.45) is 11.7 Å². The van der Waals surface area contributed by atoms with E-state index in [0.29, 0.717) is 24.6 Å². The highest BCUT2D eigenvalue weighted by atomic mass is 16.5. The van der Waals surface area contributed by atoms with E-state index in [9.17, 15) is 4.79 Å². The van der Waals surface area contributed by atoms with Gasteiger partial charge in [0.05, 0.1) is 6.61 Å². The summed E-state index contributed by atoms with van der Waals surface area (Å²) in [6.45, 7) is 6.32. The first kappa shape index (κ1) is 17.5. The molecular formula is C17H28N2O2. The zero-order valence-electron chi connectivity index (χ0n) is 13.2. The third kappa shape index (κ3) is 6.63. The second-order valence-corrected chi connectivity index (χ2v) is 5.29. The number of carbonyl (C=O) groups excluding carboxylic acids is 1. The van der Waals surface area contributed by atoms with Crippen LogP contribution in [-0.4, -0.2) is 25.6 Å². The molecule has 1 aromatic rings. The Balaban J connectivity index is 2.43. The van der Waals surface area contributed by atoms with Crippen molar-refractivity contribution >= 4 is 5.91 Å². The number of unbranched alkanes of at least 4 members (excludes halogenated alkanes) is 1. The van der Waals surface area contributed by atoms with Crippen LogP contribution in [0.15, 0.2) is 24.3 Å². The summed E-state index contributed by atoms with van der Waals surface area (Å²) in [7, 11) is 0. The fourth-order valence-corrected chi connectivity index (χ4v) is 2.06. The Hall–Kier alpha value is -1.55. The molecule has 0 spiro atoms. The van der Waals surface area contributed by atoms with E-state index < -0.39 is 0 Å². The van der Waals surface area contributed by atoms with Crippen LogP contribution in [0.25, 0.3) is 0 Å². The van der Waals surface area contributed by atoms with Crippen molar-refractivity contribution in [1.82, 2.24) is 5.32 Å². The van der Waals surface area contributed by atoms with Crippen LogP contribution in [0.4, 0.5) is 0 Å². The first-order chi connectivity index (χ1) is 10.2. The molecule has 0 bridgehead atoms. The lowest BCUT2D eigenvalue weighted by Crippen LogP contribution is -2.30. The number of nitrogens with one attached hydrogen (secondary N) is 1. The Labute approximate surface area is 128 Å². The van der Waals surface area contributed by atoms with Crippen molar-refractivity contribution in [2.45, 2.75) is 39.5 Å². The van der Waals surface area contributed by atoms with E-state index in [4.69, 9.17) is 10.5 Å². The second kappa shape index (κ2) is 10.2. The molecule has 118 valence electrons. The number of carbonyl (C=O) groups is 1. The Morgan fingerprint density at radius 2 is 2.00 bits per heavy atom. The topological polar surface area (TPSA) is 64.3 Å². The predicted molar refractivity (Wildman–Crippen MR) is 86.6 cm³/mol. The summed E-state index contributed by atoms with van der Waals surface area (Å²) in [6.07, 6.45) is 4.13. The minimum absolute atomic E-state index is 0.0365. The summed E-state index contributed by atoms with van der Waals surface area (Å²) in [6, 6.07) is 7.31. The van der Waals surface area contributed by atoms with Crippen LogP contribution in [0, 0.1) is 5.92 Å². The quantitative estimate of drug-likeness (QED) is 0.652. The van der Waals surface area contributed by atoms with E-state index in [1.807, 2.05) is 12.1 Å². The molecule has 0 heterocycles. The van der Waals surface area contributed by atoms with Gasteiger partial charge in [-0.3, -0.25) is 4.79 Å². The molecule has 0 saturated carbocycles. The van der Waals surface area contributed by atoms with Gasteiger partial charge in [-0.1, -0.05) is 26.7 Å². The Morgan fingerprint density at radius 3 is 2.57 bits per heavy atom. The van der Waals surface area contributed by atoms with Crippen LogP contribution in [-0.2, 0) is 0 Å². The summed E-state index contributed by atoms with van der Waals surface area (Å²) < 4.78 is 5.58. The van der Waals surface area contributed by atoms with E-state index in [1.54, 1.807) is 12.1 Å². The largest absolute Gasteiger partial charge is 0.494 e. The van der Waals surface area contributed by atoms with Crippen LogP contribution in [0.2, 0.25) is 0 Å². The van der Waals surface area contributed by atoms with Gasteiger partial charge in [0, 0.05) is 12.1 Å². The summed E-state index contributed by atoms with van der Waals surface area (Å²) in [5, 5.41) is 2.97. The monoisotopic (exact) mass is 292 g/mol. The molecule has 0 aliphatic heterocycles. The zero-order valence-corrected chi connectivity index (χ0v) is 13.2. The number of amides is 1. The third-order valence-electron chi connectivity index (χ3n) is 3.59. The van der Waals surface area contributed by atoms with Crippen molar-refractivity contribution in [2.75, 3.05) is 19.7 Å². The van der Waals surface area contributed by atoms with Crippen LogP contribution < -0.4 is 15.8 Å². The smallest absolute Gasteiger partial charge is 0.251 e. The number of benzene rings is 1. The molecule has 1 aromatic carbocycles. The van der Waals surface area contributed by atoms with Crippen molar-refractivity contribution in [1.29, 1.82) is 0 Å². The standard InChI is InChI=1S/C17H28N2O2/c1-3-5-12-21-16-8-6-15(7-9-16)17(20)19-13-14(4-2)10-11-18/h6-9,14H,3-5,10-13,18H2,1-2H3,(H,19,20). The molecule has 4 heteroatoms. The van der Waals surface area contributed by atoms with Crippen molar-refractivity contribution in [3.05, 3.63) is 29.8 Å². The lowest BCUT2D eigenvalue weighted by atomic mass is 10.0. The van der Waals surface area contributed by atoms with Gasteiger partial charge < -0.3 is 15.8 Å². The Morgan fingerprint density at radius 1 is 1.29 bits per heavy atom. The normalized spacial score (nSPS) is 12.0. The van der Waals surface area contributed by atoms with Gasteiger partial charge in [0.25, 0.3) is 5.91 Å². The summed E-state index contributed by atoms with van der Waals surface area (Å²) in [5.74, 6) is 1.23. The van der Waals surface area contributed by atoms with Gasteiger partial charge in [-0.2, -0.15) is 0 Å². The number of nitrogens with two attached hydrogens (primary N) is 1. The average molecular weight is 292 g/mol. The van der Waals surface area contributed by atoms with E-state index in [-0.39, 0.29) is 5.91 Å². The van der Waals surface area contributed by atoms with Crippen molar-refractivity contribution < 1.29 is 9.53 Å². The van der Waals surface area contributed by atoms with Gasteiger partial charge in [0.15, 0.2) is 0 Å². The highest BCUT2D eigenvalue weighted by Crippen LogP contribution is 2.13. The maximum atomic E-state index is 12.1. The van der Waals surface area contributed by atoms with Gasteiger partial charge in [-0.15, -0.1) is 0 Å². The van der Waals surface area contributed by atoms with Gasteiger partial charge in [0.1, 0.15) is 5.75 Å². The SMILES string of the molecule is CCCCOc1ccc(C(=O)NCC(CC)CCN)cc1. The highest BCUT2D eigenvalue weighted by molar-refractivity contribution is 5.94. The minimum atomic E-state index is -0.0365. The Bertz CT molecular complexity index is 404. The van der Waals surface area contributed by atoms with Gasteiger partial charge in [0.2, 0.25) is 0 Å². The van der Waals surface area contributed by atoms with Crippen molar-refractivity contribution in [3.8, 4) is 5.75 Å². The van der Waals surface area contributed by atoms with Crippen LogP contribution in [0.1, 0.15) is 49.9 Å². The zero-order chi connectivity index (χ0) is 15.5. The van der Waals surface area contributed by atoms with Crippen molar-refractivity contribution in [3.63, 3.8) is 0 Å². The average Bonchev–Trinajstić information content (AvgIpc) is 2.52. The molecule has 4 nitrogen and oxygen atoms in total. The molecule has 0 saturated heterocycles. The molecular weight excluding hydrogens is 264 g/mol. The first-order valence-corrected chi connectivity index (χ1v) is 7.92. The Kier molecular flexibility index (Phi) is 8.51. The highest BCUT2D eigenvalue weighted by Gasteiger charge is 2.09. The minimum Gasteiger partial charge on any atom is -0.494 e. The van der Waals surface area contributed by atoms with E-state index >= 15 is 0 Å². The first-order valence-electron chi connectivity index (χ1n) is 7.92. The number of hydrogen-bond donors (Lipinski definition) is 2. The predicted octanol–water partition coefficient (Wildman–Crippen LogP) is 2.97. The lowest BCUT2D eigenvalue weighted by Gasteiger charge is -2.14. The molecule has 0 aliphatic rings. The summed E-state index contributed by atoms with van der Waals surface area (Å²) >= 11 is 0. The molecule has 3 N–H and O–H groups in total. The van der Waals surface area contributed by atoms with E-state index in [0.717, 1.165) is 38.0 Å². The molecule has 1 unspecified atom stereocenters. The third-order valence-corrected chi connectivity index (χ3v) is 3.59. The molecule has 0 radical (unpaired) electrons. The van der Waals surface area contributed by atoms with E-state index in [2.05, 4.69) is 19.2 Å². The summed E-state index contributed by atoms with van der Waals surface area (Å²) in [5.41, 5.74) is 6.23.